The molecule has 1 aromatic rings. The Morgan fingerprint density at radius 1 is 1.26 bits per heavy atom. The number of aliphatic hydroxyl groups excluding tert-OH is 1. The Hall–Kier alpha value is -1.06. The highest BCUT2D eigenvalue weighted by atomic mass is 16.3. The lowest BCUT2D eigenvalue weighted by molar-refractivity contribution is 0.235. The molecule has 0 heterocycles. The van der Waals surface area contributed by atoms with Gasteiger partial charge in [0.25, 0.3) is 0 Å². The number of aliphatic hydroxyl groups is 1. The number of nitrogens with one attached hydrogen (secondary N) is 1. The number of benzene rings is 1. The lowest BCUT2D eigenvalue weighted by atomic mass is 10.1. The minimum Gasteiger partial charge on any atom is -0.395 e. The van der Waals surface area contributed by atoms with E-state index < -0.39 is 0 Å². The van der Waals surface area contributed by atoms with Crippen LogP contribution in [-0.4, -0.2) is 37.4 Å². The van der Waals surface area contributed by atoms with Crippen LogP contribution in [0, 0.1) is 13.8 Å². The van der Waals surface area contributed by atoms with Gasteiger partial charge < -0.3 is 15.3 Å². The van der Waals surface area contributed by atoms with Crippen molar-refractivity contribution in [3.63, 3.8) is 0 Å². The quantitative estimate of drug-likeness (QED) is 0.791. The second kappa shape index (κ2) is 6.40. The van der Waals surface area contributed by atoms with Crippen LogP contribution in [0.1, 0.15) is 30.4 Å². The fraction of sp³-hybridized carbons (Fsp3) is 0.625. The smallest absolute Gasteiger partial charge is 0.0585 e. The molecule has 2 N–H and O–H groups in total. The first kappa shape index (κ1) is 14.4. The van der Waals surface area contributed by atoms with Crippen molar-refractivity contribution < 1.29 is 5.11 Å². The van der Waals surface area contributed by atoms with E-state index in [2.05, 4.69) is 49.3 Å². The number of aryl methyl sites for hydroxylation is 2. The predicted molar refractivity (Wildman–Crippen MR) is 80.8 cm³/mol. The summed E-state index contributed by atoms with van der Waals surface area (Å²) in [6.07, 6.45) is 3.52. The van der Waals surface area contributed by atoms with Gasteiger partial charge in [-0.3, -0.25) is 0 Å². The normalized spacial score (nSPS) is 16.4. The molecule has 0 bridgehead atoms. The molecule has 0 saturated heterocycles. The van der Waals surface area contributed by atoms with E-state index in [0.717, 1.165) is 13.0 Å². The van der Waals surface area contributed by atoms with Gasteiger partial charge in [0.15, 0.2) is 0 Å². The second-order valence-electron chi connectivity index (χ2n) is 5.88. The van der Waals surface area contributed by atoms with Crippen LogP contribution in [0.2, 0.25) is 0 Å². The second-order valence-corrected chi connectivity index (χ2v) is 5.88. The van der Waals surface area contributed by atoms with Gasteiger partial charge in [0, 0.05) is 31.4 Å². The Labute approximate surface area is 116 Å². The van der Waals surface area contributed by atoms with Crippen LogP contribution in [0.25, 0.3) is 0 Å². The maximum atomic E-state index is 9.39. The summed E-state index contributed by atoms with van der Waals surface area (Å²) in [5.41, 5.74) is 3.87. The molecule has 106 valence electrons. The van der Waals surface area contributed by atoms with Gasteiger partial charge >= 0.3 is 0 Å². The van der Waals surface area contributed by atoms with Crippen molar-refractivity contribution >= 4 is 5.69 Å². The molecule has 0 amide bonds. The average molecular weight is 262 g/mol. The van der Waals surface area contributed by atoms with Crippen molar-refractivity contribution in [3.05, 3.63) is 29.3 Å². The van der Waals surface area contributed by atoms with E-state index in [1.165, 1.54) is 29.7 Å². The largest absolute Gasteiger partial charge is 0.395 e. The molecule has 1 aromatic carbocycles. The number of rotatable bonds is 7. The Morgan fingerprint density at radius 2 is 1.89 bits per heavy atom. The minimum atomic E-state index is 0.233. The molecule has 1 aliphatic carbocycles. The number of anilines is 1. The minimum absolute atomic E-state index is 0.233. The first-order chi connectivity index (χ1) is 9.08. The third-order valence-electron chi connectivity index (χ3n) is 3.73. The molecule has 3 nitrogen and oxygen atoms in total. The molecule has 1 unspecified atom stereocenters. The van der Waals surface area contributed by atoms with Gasteiger partial charge in [-0.1, -0.05) is 6.07 Å². The molecule has 0 spiro atoms. The van der Waals surface area contributed by atoms with Gasteiger partial charge in [-0.25, -0.2) is 0 Å². The van der Waals surface area contributed by atoms with Crippen LogP contribution in [0.5, 0.6) is 0 Å². The van der Waals surface area contributed by atoms with E-state index in [9.17, 15) is 5.11 Å². The van der Waals surface area contributed by atoms with Crippen molar-refractivity contribution in [2.75, 3.05) is 25.1 Å². The number of nitrogens with zero attached hydrogens (tertiary/aromatic N) is 1. The van der Waals surface area contributed by atoms with Crippen molar-refractivity contribution in [1.82, 2.24) is 5.32 Å². The lowest BCUT2D eigenvalue weighted by Crippen LogP contribution is -2.37. The summed E-state index contributed by atoms with van der Waals surface area (Å²) in [5.74, 6) is 0. The first-order valence-corrected chi connectivity index (χ1v) is 7.25. The van der Waals surface area contributed by atoms with E-state index >= 15 is 0 Å². The molecule has 1 fully saturated rings. The van der Waals surface area contributed by atoms with Crippen molar-refractivity contribution in [1.29, 1.82) is 0 Å². The van der Waals surface area contributed by atoms with Gasteiger partial charge in [-0.15, -0.1) is 0 Å². The topological polar surface area (TPSA) is 35.5 Å². The molecule has 2 rings (SSSR count). The van der Waals surface area contributed by atoms with Gasteiger partial charge in [0.1, 0.15) is 0 Å². The molecule has 0 radical (unpaired) electrons. The summed E-state index contributed by atoms with van der Waals surface area (Å²) in [6.45, 7) is 5.47. The third-order valence-corrected chi connectivity index (χ3v) is 3.73. The van der Waals surface area contributed by atoms with E-state index in [4.69, 9.17) is 0 Å². The van der Waals surface area contributed by atoms with E-state index in [1.807, 2.05) is 0 Å². The Bertz CT molecular complexity index is 395. The van der Waals surface area contributed by atoms with E-state index in [1.54, 1.807) is 0 Å². The lowest BCUT2D eigenvalue weighted by Gasteiger charge is -2.24. The van der Waals surface area contributed by atoms with Gasteiger partial charge in [0.2, 0.25) is 0 Å². The zero-order valence-corrected chi connectivity index (χ0v) is 12.3. The molecule has 1 atom stereocenters. The average Bonchev–Trinajstić information content (AvgIpc) is 3.16. The monoisotopic (exact) mass is 262 g/mol. The van der Waals surface area contributed by atoms with Crippen molar-refractivity contribution in [2.24, 2.45) is 0 Å². The van der Waals surface area contributed by atoms with Gasteiger partial charge in [0.05, 0.1) is 6.61 Å². The summed E-state index contributed by atoms with van der Waals surface area (Å²) >= 11 is 0. The fourth-order valence-corrected chi connectivity index (χ4v) is 2.46. The van der Waals surface area contributed by atoms with Crippen LogP contribution in [0.15, 0.2) is 18.2 Å². The maximum absolute atomic E-state index is 9.39. The molecule has 1 aliphatic rings. The zero-order valence-electron chi connectivity index (χ0n) is 12.3. The van der Waals surface area contributed by atoms with Crippen molar-refractivity contribution in [3.8, 4) is 0 Å². The predicted octanol–water partition coefficient (Wildman–Crippen LogP) is 2.24. The van der Waals surface area contributed by atoms with Gasteiger partial charge in [-0.05, 0) is 56.4 Å². The van der Waals surface area contributed by atoms with Crippen LogP contribution >= 0.6 is 0 Å². The van der Waals surface area contributed by atoms with Crippen molar-refractivity contribution in [2.45, 2.75) is 45.2 Å². The molecule has 3 heteroatoms. The molecule has 19 heavy (non-hydrogen) atoms. The molecule has 0 aliphatic heterocycles. The Balaban J connectivity index is 1.86. The molecular weight excluding hydrogens is 236 g/mol. The van der Waals surface area contributed by atoms with Crippen LogP contribution in [0.4, 0.5) is 5.69 Å². The highest BCUT2D eigenvalue weighted by Crippen LogP contribution is 2.21. The van der Waals surface area contributed by atoms with Gasteiger partial charge in [-0.2, -0.15) is 0 Å². The summed E-state index contributed by atoms with van der Waals surface area (Å²) in [5, 5.41) is 12.9. The number of hydrogen-bond acceptors (Lipinski definition) is 3. The van der Waals surface area contributed by atoms with Crippen LogP contribution in [-0.2, 0) is 0 Å². The summed E-state index contributed by atoms with van der Waals surface area (Å²) in [4.78, 5) is 2.28. The van der Waals surface area contributed by atoms with Crippen LogP contribution in [0.3, 0.4) is 0 Å². The summed E-state index contributed by atoms with van der Waals surface area (Å²) in [7, 11) is 2.12. The summed E-state index contributed by atoms with van der Waals surface area (Å²) < 4.78 is 0. The zero-order chi connectivity index (χ0) is 13.8. The first-order valence-electron chi connectivity index (χ1n) is 7.25. The SMILES string of the molecule is Cc1cc(C)cc(N(C)CCC(CO)NC2CC2)c1. The highest BCUT2D eigenvalue weighted by molar-refractivity contribution is 5.50. The third kappa shape index (κ3) is 4.51. The number of hydrogen-bond donors (Lipinski definition) is 2. The molecule has 0 aromatic heterocycles. The standard InChI is InChI=1S/C16H26N2O/c1-12-8-13(2)10-16(9-12)18(3)7-6-15(11-19)17-14-4-5-14/h8-10,14-15,17,19H,4-7,11H2,1-3H3. The molecule has 1 saturated carbocycles. The van der Waals surface area contributed by atoms with E-state index in [0.29, 0.717) is 6.04 Å². The maximum Gasteiger partial charge on any atom is 0.0585 e. The fourth-order valence-electron chi connectivity index (χ4n) is 2.46. The van der Waals surface area contributed by atoms with E-state index in [-0.39, 0.29) is 12.6 Å². The summed E-state index contributed by atoms with van der Waals surface area (Å²) in [6, 6.07) is 7.53. The highest BCUT2D eigenvalue weighted by Gasteiger charge is 2.24. The Morgan fingerprint density at radius 3 is 2.42 bits per heavy atom. The Kier molecular flexibility index (Phi) is 4.83. The van der Waals surface area contributed by atoms with Crippen LogP contribution < -0.4 is 10.2 Å². The molecular formula is C16H26N2O.